The van der Waals surface area contributed by atoms with Gasteiger partial charge in [-0.3, -0.25) is 0 Å². The molecule has 7 heteroatoms. The molecule has 5 nitrogen and oxygen atoms in total. The Morgan fingerprint density at radius 1 is 1.41 bits per heavy atom. The number of hydrogen-bond acceptors (Lipinski definition) is 5. The molecule has 0 saturated heterocycles. The third-order valence-corrected chi connectivity index (χ3v) is 2.76. The summed E-state index contributed by atoms with van der Waals surface area (Å²) in [7, 11) is 1.59. The average Bonchev–Trinajstić information content (AvgIpc) is 2.27. The van der Waals surface area contributed by atoms with Crippen molar-refractivity contribution in [1.29, 1.82) is 0 Å². The number of nitrogens with one attached hydrogen (secondary N) is 1. The molecule has 1 aromatic carbocycles. The van der Waals surface area contributed by atoms with Crippen molar-refractivity contribution in [3.63, 3.8) is 0 Å². The second kappa shape index (κ2) is 4.80. The van der Waals surface area contributed by atoms with Crippen molar-refractivity contribution in [2.45, 2.75) is 0 Å². The Bertz CT molecular complexity index is 613. The molecule has 17 heavy (non-hydrogen) atoms. The van der Waals surface area contributed by atoms with Crippen LogP contribution in [0.1, 0.15) is 0 Å². The van der Waals surface area contributed by atoms with Gasteiger partial charge in [-0.1, -0.05) is 15.9 Å². The predicted molar refractivity (Wildman–Crippen MR) is 71.3 cm³/mol. The highest BCUT2D eigenvalue weighted by atomic mass is 79.9. The number of rotatable bonds is 2. The number of nitrogens with two attached hydrogens (primary N) is 1. The van der Waals surface area contributed by atoms with Gasteiger partial charge < -0.3 is 15.5 Å². The van der Waals surface area contributed by atoms with Gasteiger partial charge in [-0.2, -0.15) is 4.98 Å². The lowest BCUT2D eigenvalue weighted by Gasteiger charge is -2.08. The zero-order valence-electron chi connectivity index (χ0n) is 8.90. The number of halogens is 1. The van der Waals surface area contributed by atoms with Gasteiger partial charge in [0.05, 0.1) is 12.7 Å². The molecule has 0 spiro atoms. The van der Waals surface area contributed by atoms with Crippen LogP contribution in [-0.4, -0.2) is 22.1 Å². The lowest BCUT2D eigenvalue weighted by Crippen LogP contribution is -2.00. The van der Waals surface area contributed by atoms with Crippen molar-refractivity contribution in [3.05, 3.63) is 27.4 Å². The van der Waals surface area contributed by atoms with E-state index in [-0.39, 0.29) is 10.7 Å². The van der Waals surface area contributed by atoms with Crippen LogP contribution < -0.4 is 10.5 Å². The SMILES string of the molecule is COc1cc(Br)ccc1-c1nc(=S)nc(N)[nH]1. The first-order valence-electron chi connectivity index (χ1n) is 4.68. The smallest absolute Gasteiger partial charge is 0.224 e. The first kappa shape index (κ1) is 12.0. The van der Waals surface area contributed by atoms with Gasteiger partial charge in [0.1, 0.15) is 11.6 Å². The van der Waals surface area contributed by atoms with Gasteiger partial charge in [0.15, 0.2) is 0 Å². The van der Waals surface area contributed by atoms with E-state index in [0.717, 1.165) is 10.0 Å². The van der Waals surface area contributed by atoms with E-state index >= 15 is 0 Å². The van der Waals surface area contributed by atoms with Crippen LogP contribution in [-0.2, 0) is 0 Å². The largest absolute Gasteiger partial charge is 0.496 e. The van der Waals surface area contributed by atoms with Crippen molar-refractivity contribution < 1.29 is 4.74 Å². The fraction of sp³-hybridized carbons (Fsp3) is 0.100. The standard InChI is InChI=1S/C10H9BrN4OS/c1-16-7-4-5(11)2-3-6(7)8-13-9(12)15-10(17)14-8/h2-4H,1H3,(H3,12,13,14,15,17). The summed E-state index contributed by atoms with van der Waals surface area (Å²) < 4.78 is 6.39. The molecular formula is C10H9BrN4OS. The van der Waals surface area contributed by atoms with E-state index in [0.29, 0.717) is 11.6 Å². The van der Waals surface area contributed by atoms with Gasteiger partial charge >= 0.3 is 0 Å². The predicted octanol–water partition coefficient (Wildman–Crippen LogP) is 2.55. The quantitative estimate of drug-likeness (QED) is 0.833. The molecule has 88 valence electrons. The fourth-order valence-corrected chi connectivity index (χ4v) is 1.92. The van der Waals surface area contributed by atoms with E-state index in [1.807, 2.05) is 18.2 Å². The van der Waals surface area contributed by atoms with E-state index in [2.05, 4.69) is 30.9 Å². The number of benzene rings is 1. The summed E-state index contributed by atoms with van der Waals surface area (Å²) in [5, 5.41) is 0. The van der Waals surface area contributed by atoms with E-state index in [1.165, 1.54) is 0 Å². The van der Waals surface area contributed by atoms with Crippen LogP contribution in [0.4, 0.5) is 5.95 Å². The molecular weight excluding hydrogens is 304 g/mol. The summed E-state index contributed by atoms with van der Waals surface area (Å²) in [5.41, 5.74) is 6.37. The van der Waals surface area contributed by atoms with Crippen molar-refractivity contribution in [3.8, 4) is 17.1 Å². The van der Waals surface area contributed by atoms with Crippen molar-refractivity contribution in [2.24, 2.45) is 0 Å². The third kappa shape index (κ3) is 2.62. The number of aromatic nitrogens is 3. The summed E-state index contributed by atoms with van der Waals surface area (Å²) in [5.74, 6) is 1.43. The minimum Gasteiger partial charge on any atom is -0.496 e. The van der Waals surface area contributed by atoms with Gasteiger partial charge in [-0.25, -0.2) is 4.98 Å². The summed E-state index contributed by atoms with van der Waals surface area (Å²) in [6.45, 7) is 0. The van der Waals surface area contributed by atoms with Crippen LogP contribution in [0.3, 0.4) is 0 Å². The normalized spacial score (nSPS) is 10.2. The average molecular weight is 313 g/mol. The molecule has 0 saturated carbocycles. The van der Waals surface area contributed by atoms with Crippen molar-refractivity contribution in [2.75, 3.05) is 12.8 Å². The molecule has 0 atom stereocenters. The molecule has 0 fully saturated rings. The molecule has 0 radical (unpaired) electrons. The van der Waals surface area contributed by atoms with Crippen LogP contribution >= 0.6 is 28.1 Å². The summed E-state index contributed by atoms with van der Waals surface area (Å²) in [4.78, 5) is 10.8. The summed E-state index contributed by atoms with van der Waals surface area (Å²) in [6, 6.07) is 5.58. The first-order chi connectivity index (χ1) is 8.10. The third-order valence-electron chi connectivity index (χ3n) is 2.09. The zero-order chi connectivity index (χ0) is 12.4. The van der Waals surface area contributed by atoms with E-state index in [9.17, 15) is 0 Å². The molecule has 0 amide bonds. The van der Waals surface area contributed by atoms with Crippen LogP contribution in [0.2, 0.25) is 0 Å². The number of methoxy groups -OCH3 is 1. The molecule has 3 N–H and O–H groups in total. The van der Waals surface area contributed by atoms with Crippen LogP contribution in [0.5, 0.6) is 5.75 Å². The summed E-state index contributed by atoms with van der Waals surface area (Å²) in [6.07, 6.45) is 0. The topological polar surface area (TPSA) is 76.8 Å². The van der Waals surface area contributed by atoms with Crippen LogP contribution in [0.15, 0.2) is 22.7 Å². The Hall–Kier alpha value is -1.47. The molecule has 2 rings (SSSR count). The van der Waals surface area contributed by atoms with Crippen LogP contribution in [0.25, 0.3) is 11.4 Å². The number of hydrogen-bond donors (Lipinski definition) is 2. The highest BCUT2D eigenvalue weighted by Crippen LogP contribution is 2.30. The minimum absolute atomic E-state index is 0.196. The lowest BCUT2D eigenvalue weighted by atomic mass is 10.2. The second-order valence-electron chi connectivity index (χ2n) is 3.21. The Balaban J connectivity index is 2.63. The highest BCUT2D eigenvalue weighted by Gasteiger charge is 2.09. The molecule has 0 aliphatic heterocycles. The second-order valence-corrected chi connectivity index (χ2v) is 4.49. The fourth-order valence-electron chi connectivity index (χ4n) is 1.39. The Kier molecular flexibility index (Phi) is 3.39. The maximum Gasteiger partial charge on any atom is 0.224 e. The molecule has 0 aliphatic rings. The van der Waals surface area contributed by atoms with Crippen LogP contribution in [0, 0.1) is 4.77 Å². The maximum absolute atomic E-state index is 5.59. The van der Waals surface area contributed by atoms with E-state index in [4.69, 9.17) is 22.7 Å². The number of aromatic amines is 1. The Morgan fingerprint density at radius 3 is 2.82 bits per heavy atom. The number of H-pyrrole nitrogens is 1. The van der Waals surface area contributed by atoms with E-state index < -0.39 is 0 Å². The molecule has 0 unspecified atom stereocenters. The first-order valence-corrected chi connectivity index (χ1v) is 5.88. The highest BCUT2D eigenvalue weighted by molar-refractivity contribution is 9.10. The van der Waals surface area contributed by atoms with Gasteiger partial charge in [0, 0.05) is 4.47 Å². The number of anilines is 1. The zero-order valence-corrected chi connectivity index (χ0v) is 11.3. The van der Waals surface area contributed by atoms with Crippen molar-refractivity contribution >= 4 is 34.1 Å². The lowest BCUT2D eigenvalue weighted by molar-refractivity contribution is 0.416. The number of nitrogens with zero attached hydrogens (tertiary/aromatic N) is 2. The Labute approximate surface area is 111 Å². The Morgan fingerprint density at radius 2 is 2.18 bits per heavy atom. The minimum atomic E-state index is 0.196. The molecule has 1 heterocycles. The van der Waals surface area contributed by atoms with Gasteiger partial charge in [0.25, 0.3) is 0 Å². The molecule has 0 bridgehead atoms. The molecule has 2 aromatic rings. The number of ether oxygens (including phenoxy) is 1. The van der Waals surface area contributed by atoms with E-state index in [1.54, 1.807) is 7.11 Å². The number of nitrogen functional groups attached to an aromatic ring is 1. The molecule has 1 aromatic heterocycles. The van der Waals surface area contributed by atoms with Gasteiger partial charge in [-0.15, -0.1) is 0 Å². The van der Waals surface area contributed by atoms with Gasteiger partial charge in [0.2, 0.25) is 10.7 Å². The van der Waals surface area contributed by atoms with Gasteiger partial charge in [-0.05, 0) is 30.4 Å². The monoisotopic (exact) mass is 312 g/mol. The van der Waals surface area contributed by atoms with Crippen molar-refractivity contribution in [1.82, 2.24) is 15.0 Å². The summed E-state index contributed by atoms with van der Waals surface area (Å²) >= 11 is 8.29. The maximum atomic E-state index is 5.59. The molecule has 0 aliphatic carbocycles.